The number of hydrogen-bond acceptors (Lipinski definition) is 5. The number of aromatic nitrogens is 1. The van der Waals surface area contributed by atoms with E-state index in [-0.39, 0.29) is 10.7 Å². The molecule has 0 atom stereocenters. The van der Waals surface area contributed by atoms with Gasteiger partial charge in [-0.2, -0.15) is 8.42 Å². The molecule has 0 saturated carbocycles. The number of hydrogen-bond donors (Lipinski definition) is 1. The van der Waals surface area contributed by atoms with E-state index in [0.717, 1.165) is 0 Å². The van der Waals surface area contributed by atoms with Crippen molar-refractivity contribution in [1.82, 2.24) is 10.4 Å². The number of sulfonamides is 1. The first-order valence-electron chi connectivity index (χ1n) is 6.61. The number of hydrazine groups is 1. The third-order valence-corrected chi connectivity index (χ3v) is 4.64. The van der Waals surface area contributed by atoms with Gasteiger partial charge in [0.2, 0.25) is 0 Å². The van der Waals surface area contributed by atoms with E-state index in [9.17, 15) is 8.42 Å². The standard InChI is InChI=1S/C14H13ClN4O2S/c1-2-17-19-12-8-11(15)5-6-13(12)22(20,21)18-14(19)10-4-3-7-16-9-10/h3-9,17H,2H2,1H3. The molecule has 1 N–H and O–H groups in total. The van der Waals surface area contributed by atoms with Crippen LogP contribution in [0.4, 0.5) is 5.69 Å². The van der Waals surface area contributed by atoms with E-state index >= 15 is 0 Å². The van der Waals surface area contributed by atoms with Crippen molar-refractivity contribution in [1.29, 1.82) is 0 Å². The zero-order valence-electron chi connectivity index (χ0n) is 11.7. The summed E-state index contributed by atoms with van der Waals surface area (Å²) in [6.45, 7) is 2.50. The van der Waals surface area contributed by atoms with Crippen LogP contribution in [0.1, 0.15) is 12.5 Å². The molecule has 3 rings (SSSR count). The van der Waals surface area contributed by atoms with E-state index in [4.69, 9.17) is 11.6 Å². The summed E-state index contributed by atoms with van der Waals surface area (Å²) in [5, 5.41) is 2.07. The van der Waals surface area contributed by atoms with E-state index in [1.54, 1.807) is 35.6 Å². The maximum absolute atomic E-state index is 12.4. The van der Waals surface area contributed by atoms with Crippen LogP contribution in [0.15, 0.2) is 52.0 Å². The predicted octanol–water partition coefficient (Wildman–Crippen LogP) is 2.21. The molecular formula is C14H13ClN4O2S. The van der Waals surface area contributed by atoms with Crippen LogP contribution < -0.4 is 10.4 Å². The Labute approximate surface area is 133 Å². The monoisotopic (exact) mass is 336 g/mol. The van der Waals surface area contributed by atoms with E-state index in [2.05, 4.69) is 14.8 Å². The van der Waals surface area contributed by atoms with Crippen molar-refractivity contribution >= 4 is 33.1 Å². The second-order valence-corrected chi connectivity index (χ2v) is 6.60. The number of pyridine rings is 1. The zero-order valence-corrected chi connectivity index (χ0v) is 13.3. The van der Waals surface area contributed by atoms with Crippen LogP contribution in [0.5, 0.6) is 0 Å². The van der Waals surface area contributed by atoms with Gasteiger partial charge in [0.1, 0.15) is 4.90 Å². The van der Waals surface area contributed by atoms with Crippen LogP contribution in [0.25, 0.3) is 0 Å². The Morgan fingerprint density at radius 3 is 2.82 bits per heavy atom. The number of anilines is 1. The van der Waals surface area contributed by atoms with Crippen molar-refractivity contribution in [2.75, 3.05) is 11.6 Å². The largest absolute Gasteiger partial charge is 0.286 e. The molecule has 2 aromatic rings. The van der Waals surface area contributed by atoms with Crippen molar-refractivity contribution in [3.05, 3.63) is 53.3 Å². The maximum atomic E-state index is 12.4. The molecule has 8 heteroatoms. The highest BCUT2D eigenvalue weighted by molar-refractivity contribution is 7.90. The summed E-state index contributed by atoms with van der Waals surface area (Å²) in [4.78, 5) is 4.14. The second kappa shape index (κ2) is 5.68. The van der Waals surface area contributed by atoms with Crippen molar-refractivity contribution in [3.8, 4) is 0 Å². The summed E-state index contributed by atoms with van der Waals surface area (Å²) in [6, 6.07) is 8.07. The van der Waals surface area contributed by atoms with Gasteiger partial charge in [-0.15, -0.1) is 4.40 Å². The third kappa shape index (κ3) is 2.58. The number of halogens is 1. The highest BCUT2D eigenvalue weighted by Gasteiger charge is 2.31. The van der Waals surface area contributed by atoms with Gasteiger partial charge in [-0.25, -0.2) is 5.43 Å². The maximum Gasteiger partial charge on any atom is 0.286 e. The quantitative estimate of drug-likeness (QED) is 0.930. The summed E-state index contributed by atoms with van der Waals surface area (Å²) < 4.78 is 28.7. The Bertz CT molecular complexity index is 837. The Kier molecular flexibility index (Phi) is 3.86. The minimum atomic E-state index is -3.79. The molecule has 0 spiro atoms. The first-order chi connectivity index (χ1) is 10.5. The lowest BCUT2D eigenvalue weighted by molar-refractivity contribution is 0.595. The van der Waals surface area contributed by atoms with Gasteiger partial charge in [0.05, 0.1) is 5.69 Å². The molecular weight excluding hydrogens is 324 g/mol. The van der Waals surface area contributed by atoms with Gasteiger partial charge in [0.25, 0.3) is 10.0 Å². The molecule has 0 bridgehead atoms. The summed E-state index contributed by atoms with van der Waals surface area (Å²) >= 11 is 6.03. The first kappa shape index (κ1) is 15.0. The molecule has 0 fully saturated rings. The first-order valence-corrected chi connectivity index (χ1v) is 8.43. The normalized spacial score (nSPS) is 16.1. The highest BCUT2D eigenvalue weighted by Crippen LogP contribution is 2.34. The van der Waals surface area contributed by atoms with Gasteiger partial charge >= 0.3 is 0 Å². The summed E-state index contributed by atoms with van der Waals surface area (Å²) in [5.41, 5.74) is 4.15. The Morgan fingerprint density at radius 2 is 2.14 bits per heavy atom. The van der Waals surface area contributed by atoms with E-state index in [1.807, 2.05) is 6.92 Å². The van der Waals surface area contributed by atoms with E-state index in [0.29, 0.717) is 22.8 Å². The van der Waals surface area contributed by atoms with Crippen LogP contribution in [-0.4, -0.2) is 25.8 Å². The highest BCUT2D eigenvalue weighted by atomic mass is 35.5. The minimum Gasteiger partial charge on any atom is -0.264 e. The molecule has 1 aliphatic heterocycles. The number of nitrogens with zero attached hydrogens (tertiary/aromatic N) is 3. The molecule has 1 aliphatic rings. The van der Waals surface area contributed by atoms with Gasteiger partial charge in [-0.1, -0.05) is 18.5 Å². The average Bonchev–Trinajstić information content (AvgIpc) is 2.50. The Balaban J connectivity index is 2.24. The van der Waals surface area contributed by atoms with Gasteiger partial charge in [0, 0.05) is 29.5 Å². The van der Waals surface area contributed by atoms with Crippen molar-refractivity contribution in [2.45, 2.75) is 11.8 Å². The van der Waals surface area contributed by atoms with Crippen LogP contribution in [0.2, 0.25) is 5.02 Å². The number of benzene rings is 1. The summed E-state index contributed by atoms with van der Waals surface area (Å²) in [7, 11) is -3.79. The summed E-state index contributed by atoms with van der Waals surface area (Å²) in [6.07, 6.45) is 3.18. The van der Waals surface area contributed by atoms with E-state index < -0.39 is 10.0 Å². The topological polar surface area (TPSA) is 74.7 Å². The van der Waals surface area contributed by atoms with Crippen LogP contribution in [0.3, 0.4) is 0 Å². The molecule has 0 radical (unpaired) electrons. The smallest absolute Gasteiger partial charge is 0.264 e. The lowest BCUT2D eigenvalue weighted by Gasteiger charge is -2.30. The lowest BCUT2D eigenvalue weighted by atomic mass is 10.2. The summed E-state index contributed by atoms with van der Waals surface area (Å²) in [5.74, 6) is 0.268. The Hall–Kier alpha value is -1.96. The fraction of sp³-hybridized carbons (Fsp3) is 0.143. The molecule has 2 heterocycles. The third-order valence-electron chi connectivity index (χ3n) is 3.09. The molecule has 1 aromatic heterocycles. The molecule has 114 valence electrons. The van der Waals surface area contributed by atoms with Crippen molar-refractivity contribution in [2.24, 2.45) is 4.40 Å². The van der Waals surface area contributed by atoms with Gasteiger partial charge in [-0.3, -0.25) is 9.99 Å². The Morgan fingerprint density at radius 1 is 1.32 bits per heavy atom. The van der Waals surface area contributed by atoms with Crippen molar-refractivity contribution < 1.29 is 8.42 Å². The average molecular weight is 337 g/mol. The zero-order chi connectivity index (χ0) is 15.7. The van der Waals surface area contributed by atoms with Gasteiger partial charge in [-0.05, 0) is 30.3 Å². The lowest BCUT2D eigenvalue weighted by Crippen LogP contribution is -2.46. The number of nitrogens with one attached hydrogen (secondary N) is 1. The number of fused-ring (bicyclic) bond motifs is 1. The SMILES string of the molecule is CCNN1C(c2cccnc2)=NS(=O)(=O)c2ccc(Cl)cc21. The van der Waals surface area contributed by atoms with Gasteiger partial charge in [0.15, 0.2) is 5.84 Å². The fourth-order valence-corrected chi connectivity index (χ4v) is 3.53. The minimum absolute atomic E-state index is 0.116. The van der Waals surface area contributed by atoms with E-state index in [1.165, 1.54) is 12.1 Å². The molecule has 0 aliphatic carbocycles. The molecule has 6 nitrogen and oxygen atoms in total. The molecule has 22 heavy (non-hydrogen) atoms. The number of rotatable bonds is 3. The van der Waals surface area contributed by atoms with Crippen LogP contribution >= 0.6 is 11.6 Å². The number of amidine groups is 1. The van der Waals surface area contributed by atoms with Crippen LogP contribution in [-0.2, 0) is 10.0 Å². The fourth-order valence-electron chi connectivity index (χ4n) is 2.20. The molecule has 1 aromatic carbocycles. The second-order valence-electron chi connectivity index (χ2n) is 4.59. The molecule has 0 saturated heterocycles. The van der Waals surface area contributed by atoms with Crippen LogP contribution in [0, 0.1) is 0 Å². The van der Waals surface area contributed by atoms with Crippen molar-refractivity contribution in [3.63, 3.8) is 0 Å². The predicted molar refractivity (Wildman–Crippen MR) is 85.6 cm³/mol. The van der Waals surface area contributed by atoms with Gasteiger partial charge < -0.3 is 0 Å². The molecule has 0 amide bonds. The molecule has 0 unspecified atom stereocenters.